The number of rotatable bonds is 3. The van der Waals surface area contributed by atoms with E-state index >= 15 is 0 Å². The van der Waals surface area contributed by atoms with Crippen molar-refractivity contribution in [1.29, 1.82) is 0 Å². The van der Waals surface area contributed by atoms with E-state index < -0.39 is 12.2 Å². The van der Waals surface area contributed by atoms with Crippen molar-refractivity contribution in [1.82, 2.24) is 0 Å². The Morgan fingerprint density at radius 2 is 1.74 bits per heavy atom. The minimum atomic E-state index is -2.68. The summed E-state index contributed by atoms with van der Waals surface area (Å²) in [6.45, 7) is 0. The average Bonchev–Trinajstić information content (AvgIpc) is 2.34. The molecule has 0 unspecified atom stereocenters. The molecule has 0 aromatic heterocycles. The van der Waals surface area contributed by atoms with Crippen LogP contribution >= 0.6 is 11.6 Å². The lowest BCUT2D eigenvalue weighted by molar-refractivity contribution is 0.152. The van der Waals surface area contributed by atoms with Crippen LogP contribution in [0.15, 0.2) is 36.4 Å². The third-order valence-electron chi connectivity index (χ3n) is 2.51. The van der Waals surface area contributed by atoms with Crippen LogP contribution in [0.3, 0.4) is 0 Å². The highest BCUT2D eigenvalue weighted by molar-refractivity contribution is 6.33. The Hall–Kier alpha value is -1.88. The number of halogens is 4. The van der Waals surface area contributed by atoms with E-state index in [-0.39, 0.29) is 22.0 Å². The molecule has 0 saturated carbocycles. The summed E-state index contributed by atoms with van der Waals surface area (Å²) in [6, 6.07) is 7.77. The number of hydrogen-bond acceptors (Lipinski definition) is 2. The molecule has 0 spiro atoms. The first-order chi connectivity index (χ1) is 8.97. The van der Waals surface area contributed by atoms with Crippen molar-refractivity contribution < 1.29 is 13.2 Å². The predicted octanol–water partition coefficient (Wildman–Crippen LogP) is 4.74. The molecule has 0 fully saturated rings. The van der Waals surface area contributed by atoms with Gasteiger partial charge in [0.05, 0.1) is 10.7 Å². The molecule has 3 N–H and O–H groups in total. The van der Waals surface area contributed by atoms with Crippen molar-refractivity contribution in [2.24, 2.45) is 0 Å². The van der Waals surface area contributed by atoms with Gasteiger partial charge in [-0.05, 0) is 36.4 Å². The Balaban J connectivity index is 2.38. The minimum absolute atomic E-state index is 0.108. The second-order valence-corrected chi connectivity index (χ2v) is 4.30. The molecule has 0 saturated heterocycles. The second-order valence-electron chi connectivity index (χ2n) is 3.90. The Kier molecular flexibility index (Phi) is 3.85. The van der Waals surface area contributed by atoms with Gasteiger partial charge in [0, 0.05) is 16.9 Å². The molecule has 0 aliphatic rings. The van der Waals surface area contributed by atoms with Gasteiger partial charge < -0.3 is 11.1 Å². The van der Waals surface area contributed by atoms with Crippen molar-refractivity contribution in [3.8, 4) is 0 Å². The lowest BCUT2D eigenvalue weighted by Gasteiger charge is -2.13. The van der Waals surface area contributed by atoms with Crippen LogP contribution in [0.25, 0.3) is 0 Å². The summed E-state index contributed by atoms with van der Waals surface area (Å²) in [4.78, 5) is 0. The zero-order valence-corrected chi connectivity index (χ0v) is 10.4. The minimum Gasteiger partial charge on any atom is -0.399 e. The molecular formula is C13H10ClF3N2. The maximum absolute atomic E-state index is 12.9. The van der Waals surface area contributed by atoms with Gasteiger partial charge in [-0.25, -0.2) is 13.2 Å². The zero-order chi connectivity index (χ0) is 14.0. The van der Waals surface area contributed by atoms with Gasteiger partial charge in [0.1, 0.15) is 5.82 Å². The quantitative estimate of drug-likeness (QED) is 0.800. The average molecular weight is 287 g/mol. The van der Waals surface area contributed by atoms with E-state index in [2.05, 4.69) is 5.32 Å². The van der Waals surface area contributed by atoms with E-state index in [9.17, 15) is 13.2 Å². The van der Waals surface area contributed by atoms with E-state index in [0.29, 0.717) is 5.69 Å². The number of nitrogens with one attached hydrogen (secondary N) is 1. The highest BCUT2D eigenvalue weighted by Gasteiger charge is 2.14. The van der Waals surface area contributed by atoms with Crippen LogP contribution in [-0.4, -0.2) is 0 Å². The Bertz CT molecular complexity index is 602. The third-order valence-corrected chi connectivity index (χ3v) is 2.82. The summed E-state index contributed by atoms with van der Waals surface area (Å²) in [5.41, 5.74) is 6.00. The fourth-order valence-electron chi connectivity index (χ4n) is 1.61. The molecule has 2 nitrogen and oxygen atoms in total. The molecule has 0 heterocycles. The van der Waals surface area contributed by atoms with E-state index in [1.807, 2.05) is 0 Å². The normalized spacial score (nSPS) is 10.8. The van der Waals surface area contributed by atoms with E-state index in [1.165, 1.54) is 30.3 Å². The van der Waals surface area contributed by atoms with Gasteiger partial charge in [-0.2, -0.15) is 0 Å². The number of nitrogens with two attached hydrogens (primary N) is 1. The number of alkyl halides is 2. The highest BCUT2D eigenvalue weighted by Crippen LogP contribution is 2.33. The van der Waals surface area contributed by atoms with Crippen LogP contribution in [-0.2, 0) is 0 Å². The standard InChI is InChI=1S/C13H10ClF3N2/c14-10-5-7(15)1-3-12(10)19-11-4-2-8(18)6-9(11)13(16)17/h1-6,13,19H,18H2. The molecule has 0 aliphatic heterocycles. The summed E-state index contributed by atoms with van der Waals surface area (Å²) in [6.07, 6.45) is -2.68. The monoisotopic (exact) mass is 286 g/mol. The lowest BCUT2D eigenvalue weighted by Crippen LogP contribution is -1.99. The Morgan fingerprint density at radius 3 is 2.37 bits per heavy atom. The Labute approximate surface area is 113 Å². The highest BCUT2D eigenvalue weighted by atomic mass is 35.5. The molecule has 0 bridgehead atoms. The molecule has 19 heavy (non-hydrogen) atoms. The van der Waals surface area contributed by atoms with E-state index in [1.54, 1.807) is 0 Å². The van der Waals surface area contributed by atoms with Crippen molar-refractivity contribution in [2.75, 3.05) is 11.1 Å². The zero-order valence-electron chi connectivity index (χ0n) is 9.63. The van der Waals surface area contributed by atoms with Crippen LogP contribution in [0.2, 0.25) is 5.02 Å². The largest absolute Gasteiger partial charge is 0.399 e. The van der Waals surface area contributed by atoms with Crippen molar-refractivity contribution in [3.63, 3.8) is 0 Å². The maximum atomic E-state index is 12.9. The van der Waals surface area contributed by atoms with Crippen LogP contribution in [0.5, 0.6) is 0 Å². The lowest BCUT2D eigenvalue weighted by atomic mass is 10.1. The summed E-state index contributed by atoms with van der Waals surface area (Å²) in [5.74, 6) is -0.498. The predicted molar refractivity (Wildman–Crippen MR) is 70.5 cm³/mol. The first-order valence-corrected chi connectivity index (χ1v) is 5.75. The molecule has 2 aromatic rings. The molecule has 100 valence electrons. The second kappa shape index (κ2) is 5.40. The van der Waals surface area contributed by atoms with Gasteiger partial charge in [-0.3, -0.25) is 0 Å². The maximum Gasteiger partial charge on any atom is 0.265 e. The van der Waals surface area contributed by atoms with Crippen LogP contribution in [0, 0.1) is 5.82 Å². The summed E-state index contributed by atoms with van der Waals surface area (Å²) >= 11 is 5.83. The number of anilines is 3. The summed E-state index contributed by atoms with van der Waals surface area (Å²) in [5, 5.41) is 2.85. The molecular weight excluding hydrogens is 277 g/mol. The number of benzene rings is 2. The summed E-state index contributed by atoms with van der Waals surface area (Å²) in [7, 11) is 0. The number of nitrogen functional groups attached to an aromatic ring is 1. The molecule has 2 rings (SSSR count). The molecule has 0 amide bonds. The smallest absolute Gasteiger partial charge is 0.265 e. The van der Waals surface area contributed by atoms with Crippen LogP contribution in [0.4, 0.5) is 30.2 Å². The first-order valence-electron chi connectivity index (χ1n) is 5.37. The van der Waals surface area contributed by atoms with E-state index in [0.717, 1.165) is 6.07 Å². The van der Waals surface area contributed by atoms with E-state index in [4.69, 9.17) is 17.3 Å². The molecule has 0 aliphatic carbocycles. The summed E-state index contributed by atoms with van der Waals surface area (Å²) < 4.78 is 38.7. The third kappa shape index (κ3) is 3.12. The topological polar surface area (TPSA) is 38.0 Å². The molecule has 0 atom stereocenters. The van der Waals surface area contributed by atoms with Crippen LogP contribution < -0.4 is 11.1 Å². The SMILES string of the molecule is Nc1ccc(Nc2ccc(F)cc2Cl)c(C(F)F)c1. The van der Waals surface area contributed by atoms with Crippen molar-refractivity contribution in [2.45, 2.75) is 6.43 Å². The fourth-order valence-corrected chi connectivity index (χ4v) is 1.83. The number of hydrogen-bond donors (Lipinski definition) is 2. The first kappa shape index (κ1) is 13.5. The molecule has 2 aromatic carbocycles. The van der Waals surface area contributed by atoms with Crippen molar-refractivity contribution >= 4 is 28.7 Å². The van der Waals surface area contributed by atoms with Gasteiger partial charge in [0.25, 0.3) is 6.43 Å². The van der Waals surface area contributed by atoms with Crippen LogP contribution in [0.1, 0.15) is 12.0 Å². The van der Waals surface area contributed by atoms with Gasteiger partial charge >= 0.3 is 0 Å². The van der Waals surface area contributed by atoms with Crippen molar-refractivity contribution in [3.05, 3.63) is 52.8 Å². The Morgan fingerprint density at radius 1 is 1.05 bits per heavy atom. The fraction of sp³-hybridized carbons (Fsp3) is 0.0769. The van der Waals surface area contributed by atoms with Gasteiger partial charge in [-0.1, -0.05) is 11.6 Å². The van der Waals surface area contributed by atoms with Gasteiger partial charge in [-0.15, -0.1) is 0 Å². The van der Waals surface area contributed by atoms with Gasteiger partial charge in [0.15, 0.2) is 0 Å². The molecule has 6 heteroatoms. The van der Waals surface area contributed by atoms with Gasteiger partial charge in [0.2, 0.25) is 0 Å². The molecule has 0 radical (unpaired) electrons.